The smallest absolute Gasteiger partial charge is 0.330 e. The number of carbonyl (C=O) groups is 1. The van der Waals surface area contributed by atoms with Crippen LogP contribution < -0.4 is 0 Å². The highest BCUT2D eigenvalue weighted by molar-refractivity contribution is 5.82. The number of cyclic esters (lactones) is 1. The third-order valence-electron chi connectivity index (χ3n) is 2.68. The van der Waals surface area contributed by atoms with Crippen LogP contribution in [0.25, 0.3) is 0 Å². The number of aliphatic hydroxyl groups is 1. The van der Waals surface area contributed by atoms with Crippen molar-refractivity contribution >= 4 is 5.97 Å². The summed E-state index contributed by atoms with van der Waals surface area (Å²) in [6.45, 7) is 4.31. The van der Waals surface area contributed by atoms with Gasteiger partial charge in [0, 0.05) is 18.6 Å². The number of carbonyl (C=O) groups excluding carboxylic acids is 1. The topological polar surface area (TPSA) is 46.5 Å². The van der Waals surface area contributed by atoms with Crippen LogP contribution in [0.5, 0.6) is 0 Å². The van der Waals surface area contributed by atoms with E-state index in [-0.39, 0.29) is 24.6 Å². The number of esters is 1. The Hall–Kier alpha value is -0.830. The summed E-state index contributed by atoms with van der Waals surface area (Å²) in [4.78, 5) is 11.0. The maximum atomic E-state index is 11.0. The first-order valence-electron chi connectivity index (χ1n) is 5.15. The van der Waals surface area contributed by atoms with E-state index in [1.54, 1.807) is 0 Å². The lowest BCUT2D eigenvalue weighted by atomic mass is 9.88. The van der Waals surface area contributed by atoms with Crippen LogP contribution in [0.4, 0.5) is 0 Å². The minimum atomic E-state index is -0.246. The molecule has 0 amide bonds. The second-order valence-electron chi connectivity index (χ2n) is 3.96. The molecule has 1 rings (SSSR count). The van der Waals surface area contributed by atoms with Gasteiger partial charge >= 0.3 is 5.97 Å². The maximum absolute atomic E-state index is 11.0. The summed E-state index contributed by atoms with van der Waals surface area (Å²) in [5.41, 5.74) is 0. The molecule has 1 heterocycles. The van der Waals surface area contributed by atoms with Gasteiger partial charge in [-0.05, 0) is 18.8 Å². The molecule has 0 radical (unpaired) electrons. The summed E-state index contributed by atoms with van der Waals surface area (Å²) in [7, 11) is 0. The van der Waals surface area contributed by atoms with Crippen molar-refractivity contribution in [2.45, 2.75) is 32.8 Å². The second kappa shape index (κ2) is 5.15. The normalized spacial score (nSPS) is 28.6. The highest BCUT2D eigenvalue weighted by atomic mass is 16.5. The van der Waals surface area contributed by atoms with E-state index in [0.717, 1.165) is 12.8 Å². The molecular formula is C11H18O3. The largest absolute Gasteiger partial charge is 0.458 e. The zero-order valence-corrected chi connectivity index (χ0v) is 8.77. The van der Waals surface area contributed by atoms with E-state index < -0.39 is 0 Å². The Bertz CT molecular complexity index is 223. The van der Waals surface area contributed by atoms with Gasteiger partial charge in [-0.2, -0.15) is 0 Å². The number of ether oxygens (including phenoxy) is 1. The fourth-order valence-electron chi connectivity index (χ4n) is 1.83. The minimum Gasteiger partial charge on any atom is -0.458 e. The van der Waals surface area contributed by atoms with Crippen molar-refractivity contribution in [1.29, 1.82) is 0 Å². The van der Waals surface area contributed by atoms with Crippen LogP contribution in [-0.4, -0.2) is 23.8 Å². The van der Waals surface area contributed by atoms with Crippen molar-refractivity contribution in [3.05, 3.63) is 12.2 Å². The quantitative estimate of drug-likeness (QED) is 0.696. The van der Waals surface area contributed by atoms with Crippen molar-refractivity contribution < 1.29 is 14.6 Å². The molecule has 3 nitrogen and oxygen atoms in total. The first kappa shape index (κ1) is 11.2. The SMILES string of the molecule is C[C@H]1C=CC(=O)O[C@H]1[C@@H](C)CCCO. The van der Waals surface area contributed by atoms with Crippen molar-refractivity contribution in [2.75, 3.05) is 6.61 Å². The van der Waals surface area contributed by atoms with Crippen LogP contribution in [0.15, 0.2) is 12.2 Å². The Morgan fingerprint density at radius 2 is 2.36 bits per heavy atom. The fourth-order valence-corrected chi connectivity index (χ4v) is 1.83. The summed E-state index contributed by atoms with van der Waals surface area (Å²) in [6, 6.07) is 0. The maximum Gasteiger partial charge on any atom is 0.330 e. The summed E-state index contributed by atoms with van der Waals surface area (Å²) in [6.07, 6.45) is 5.02. The Morgan fingerprint density at radius 1 is 1.64 bits per heavy atom. The van der Waals surface area contributed by atoms with Crippen molar-refractivity contribution in [3.8, 4) is 0 Å². The van der Waals surface area contributed by atoms with Crippen molar-refractivity contribution in [1.82, 2.24) is 0 Å². The Morgan fingerprint density at radius 3 is 3.00 bits per heavy atom. The predicted molar refractivity (Wildman–Crippen MR) is 53.7 cm³/mol. The monoisotopic (exact) mass is 198 g/mol. The molecule has 0 aromatic carbocycles. The van der Waals surface area contributed by atoms with Crippen LogP contribution in [-0.2, 0) is 9.53 Å². The third kappa shape index (κ3) is 2.84. The van der Waals surface area contributed by atoms with Crippen molar-refractivity contribution in [3.63, 3.8) is 0 Å². The molecule has 0 unspecified atom stereocenters. The highest BCUT2D eigenvalue weighted by Crippen LogP contribution is 2.25. The molecule has 1 aliphatic rings. The lowest BCUT2D eigenvalue weighted by Crippen LogP contribution is -2.33. The van der Waals surface area contributed by atoms with E-state index in [0.29, 0.717) is 5.92 Å². The predicted octanol–water partition coefficient (Wildman–Crippen LogP) is 1.51. The first-order chi connectivity index (χ1) is 6.65. The molecule has 3 heteroatoms. The number of rotatable bonds is 4. The summed E-state index contributed by atoms with van der Waals surface area (Å²) < 4.78 is 5.25. The zero-order valence-electron chi connectivity index (χ0n) is 8.77. The molecule has 0 aliphatic carbocycles. The molecule has 0 saturated heterocycles. The summed E-state index contributed by atoms with van der Waals surface area (Å²) in [5.74, 6) is 0.344. The van der Waals surface area contributed by atoms with Gasteiger partial charge in [-0.15, -0.1) is 0 Å². The Labute approximate surface area is 84.8 Å². The van der Waals surface area contributed by atoms with E-state index in [1.165, 1.54) is 6.08 Å². The van der Waals surface area contributed by atoms with E-state index >= 15 is 0 Å². The van der Waals surface area contributed by atoms with E-state index in [9.17, 15) is 4.79 Å². The summed E-state index contributed by atoms with van der Waals surface area (Å²) in [5, 5.41) is 8.71. The molecule has 0 aromatic heterocycles. The molecule has 3 atom stereocenters. The Balaban J connectivity index is 2.49. The van der Waals surface area contributed by atoms with E-state index in [4.69, 9.17) is 9.84 Å². The van der Waals surface area contributed by atoms with Gasteiger partial charge in [0.05, 0.1) is 0 Å². The van der Waals surface area contributed by atoms with Gasteiger partial charge in [0.15, 0.2) is 0 Å². The molecule has 0 aromatic rings. The van der Waals surface area contributed by atoms with Gasteiger partial charge in [-0.25, -0.2) is 4.79 Å². The molecule has 0 spiro atoms. The van der Waals surface area contributed by atoms with Crippen LogP contribution in [0.2, 0.25) is 0 Å². The minimum absolute atomic E-state index is 0.0287. The van der Waals surface area contributed by atoms with Crippen LogP contribution >= 0.6 is 0 Å². The molecule has 0 bridgehead atoms. The van der Waals surface area contributed by atoms with Gasteiger partial charge in [0.1, 0.15) is 6.10 Å². The van der Waals surface area contributed by atoms with E-state index in [2.05, 4.69) is 6.92 Å². The molecule has 0 saturated carbocycles. The molecular weight excluding hydrogens is 180 g/mol. The van der Waals surface area contributed by atoms with Crippen LogP contribution in [0.3, 0.4) is 0 Å². The van der Waals surface area contributed by atoms with Crippen molar-refractivity contribution in [2.24, 2.45) is 11.8 Å². The molecule has 14 heavy (non-hydrogen) atoms. The lowest BCUT2D eigenvalue weighted by Gasteiger charge is -2.29. The summed E-state index contributed by atoms with van der Waals surface area (Å²) >= 11 is 0. The lowest BCUT2D eigenvalue weighted by molar-refractivity contribution is -0.149. The average molecular weight is 198 g/mol. The molecule has 1 N–H and O–H groups in total. The number of hydrogen-bond acceptors (Lipinski definition) is 3. The fraction of sp³-hybridized carbons (Fsp3) is 0.727. The van der Waals surface area contributed by atoms with Crippen LogP contribution in [0.1, 0.15) is 26.7 Å². The van der Waals surface area contributed by atoms with E-state index in [1.807, 2.05) is 13.0 Å². The average Bonchev–Trinajstić information content (AvgIpc) is 2.18. The van der Waals surface area contributed by atoms with Gasteiger partial charge in [-0.1, -0.05) is 19.9 Å². The van der Waals surface area contributed by atoms with Gasteiger partial charge in [-0.3, -0.25) is 0 Å². The van der Waals surface area contributed by atoms with Gasteiger partial charge in [0.25, 0.3) is 0 Å². The third-order valence-corrected chi connectivity index (χ3v) is 2.68. The second-order valence-corrected chi connectivity index (χ2v) is 3.96. The van der Waals surface area contributed by atoms with Gasteiger partial charge < -0.3 is 9.84 Å². The molecule has 80 valence electrons. The zero-order chi connectivity index (χ0) is 10.6. The highest BCUT2D eigenvalue weighted by Gasteiger charge is 2.27. The van der Waals surface area contributed by atoms with Crippen LogP contribution in [0, 0.1) is 11.8 Å². The molecule has 1 aliphatic heterocycles. The number of hydrogen-bond donors (Lipinski definition) is 1. The molecule has 0 fully saturated rings. The number of aliphatic hydroxyl groups excluding tert-OH is 1. The Kier molecular flexibility index (Phi) is 4.14. The van der Waals surface area contributed by atoms with Gasteiger partial charge in [0.2, 0.25) is 0 Å². The standard InChI is InChI=1S/C11H18O3/c1-8(4-3-7-12)11-9(2)5-6-10(13)14-11/h5-6,8-9,11-12H,3-4,7H2,1-2H3/t8-,9-,11-/m0/s1. The first-order valence-corrected chi connectivity index (χ1v) is 5.15.